The number of amides is 2. The maximum Gasteiger partial charge on any atom is 0.242 e. The molecule has 31 heavy (non-hydrogen) atoms. The first-order chi connectivity index (χ1) is 15.1. The SMILES string of the molecule is COc1ccc([C@@H]2CN(C(=O)C3CCC3)[C@H]3CCN(C(=O)Cn4ccnc4)C[C@@H]23)cc1. The Bertz CT molecular complexity index is 923. The molecule has 0 N–H and O–H groups in total. The number of piperidine rings is 1. The number of imidazole rings is 1. The van der Waals surface area contributed by atoms with Gasteiger partial charge in [0.15, 0.2) is 0 Å². The highest BCUT2D eigenvalue weighted by Crippen LogP contribution is 2.43. The molecule has 3 aliphatic rings. The molecule has 1 aromatic heterocycles. The van der Waals surface area contributed by atoms with Crippen LogP contribution in [-0.2, 0) is 16.1 Å². The maximum atomic E-state index is 13.2. The summed E-state index contributed by atoms with van der Waals surface area (Å²) in [6.45, 7) is 2.47. The van der Waals surface area contributed by atoms with Crippen molar-refractivity contribution in [3.8, 4) is 5.75 Å². The molecule has 0 unspecified atom stereocenters. The van der Waals surface area contributed by atoms with Crippen LogP contribution in [0.3, 0.4) is 0 Å². The summed E-state index contributed by atoms with van der Waals surface area (Å²) in [5.74, 6) is 1.99. The number of nitrogens with zero attached hydrogens (tertiary/aromatic N) is 4. The van der Waals surface area contributed by atoms with Gasteiger partial charge in [-0.05, 0) is 37.0 Å². The number of hydrogen-bond donors (Lipinski definition) is 0. The number of aromatic nitrogens is 2. The molecule has 2 saturated heterocycles. The molecule has 1 saturated carbocycles. The molecule has 2 aliphatic heterocycles. The highest BCUT2D eigenvalue weighted by molar-refractivity contribution is 5.81. The lowest BCUT2D eigenvalue weighted by Gasteiger charge is -2.40. The lowest BCUT2D eigenvalue weighted by Crippen LogP contribution is -2.51. The van der Waals surface area contributed by atoms with Gasteiger partial charge in [-0.25, -0.2) is 4.98 Å². The van der Waals surface area contributed by atoms with Gasteiger partial charge in [0.05, 0.1) is 13.4 Å². The standard InChI is InChI=1S/C24H30N4O3/c1-31-19-7-5-17(6-8-19)20-14-28(24(30)18-3-2-4-18)22-9-11-27(13-21(20)22)23(29)15-26-12-10-25-16-26/h5-8,10,12,16,18,20-22H,2-4,9,11,13-15H2,1H3/t20-,21-,22-/m0/s1. The van der Waals surface area contributed by atoms with Crippen LogP contribution in [0.1, 0.15) is 37.2 Å². The van der Waals surface area contributed by atoms with Crippen molar-refractivity contribution >= 4 is 11.8 Å². The van der Waals surface area contributed by atoms with Crippen molar-refractivity contribution in [1.82, 2.24) is 19.4 Å². The predicted octanol–water partition coefficient (Wildman–Crippen LogP) is 2.53. The molecule has 2 aromatic rings. The van der Waals surface area contributed by atoms with Gasteiger partial charge in [0.1, 0.15) is 12.3 Å². The Balaban J connectivity index is 1.37. The van der Waals surface area contributed by atoms with E-state index in [2.05, 4.69) is 22.0 Å². The van der Waals surface area contributed by atoms with Gasteiger partial charge in [-0.3, -0.25) is 9.59 Å². The second-order valence-corrected chi connectivity index (χ2v) is 9.09. The number of carbonyl (C=O) groups excluding carboxylic acids is 2. The first-order valence-corrected chi connectivity index (χ1v) is 11.3. The minimum Gasteiger partial charge on any atom is -0.497 e. The molecular weight excluding hydrogens is 392 g/mol. The number of benzene rings is 1. The molecule has 3 atom stereocenters. The fourth-order valence-electron chi connectivity index (χ4n) is 5.44. The number of fused-ring (bicyclic) bond motifs is 1. The van der Waals surface area contributed by atoms with E-state index in [4.69, 9.17) is 4.74 Å². The van der Waals surface area contributed by atoms with E-state index in [1.165, 1.54) is 5.56 Å². The van der Waals surface area contributed by atoms with Gasteiger partial charge in [-0.2, -0.15) is 0 Å². The monoisotopic (exact) mass is 422 g/mol. The zero-order valence-corrected chi connectivity index (χ0v) is 18.0. The normalized spacial score (nSPS) is 25.8. The third-order valence-corrected chi connectivity index (χ3v) is 7.44. The third-order valence-electron chi connectivity index (χ3n) is 7.44. The topological polar surface area (TPSA) is 67.7 Å². The largest absolute Gasteiger partial charge is 0.497 e. The number of rotatable bonds is 5. The minimum absolute atomic E-state index is 0.119. The zero-order valence-electron chi connectivity index (χ0n) is 18.0. The summed E-state index contributed by atoms with van der Waals surface area (Å²) in [6, 6.07) is 8.43. The summed E-state index contributed by atoms with van der Waals surface area (Å²) in [6.07, 6.45) is 9.26. The van der Waals surface area contributed by atoms with Gasteiger partial charge < -0.3 is 19.1 Å². The molecule has 5 rings (SSSR count). The van der Waals surface area contributed by atoms with Crippen LogP contribution in [0.4, 0.5) is 0 Å². The first-order valence-electron chi connectivity index (χ1n) is 11.3. The second kappa shape index (κ2) is 8.36. The average molecular weight is 423 g/mol. The summed E-state index contributed by atoms with van der Waals surface area (Å²) in [5, 5.41) is 0. The lowest BCUT2D eigenvalue weighted by molar-refractivity contribution is -0.141. The summed E-state index contributed by atoms with van der Waals surface area (Å²) < 4.78 is 7.14. The molecule has 1 aromatic carbocycles. The van der Waals surface area contributed by atoms with E-state index < -0.39 is 0 Å². The van der Waals surface area contributed by atoms with Gasteiger partial charge in [0.25, 0.3) is 0 Å². The Morgan fingerprint density at radius 1 is 1.13 bits per heavy atom. The summed E-state index contributed by atoms with van der Waals surface area (Å²) in [5.41, 5.74) is 1.23. The molecule has 0 bridgehead atoms. The van der Waals surface area contributed by atoms with Crippen LogP contribution >= 0.6 is 0 Å². The van der Waals surface area contributed by atoms with E-state index in [-0.39, 0.29) is 29.7 Å². The average Bonchev–Trinajstić information content (AvgIpc) is 3.40. The Kier molecular flexibility index (Phi) is 5.42. The van der Waals surface area contributed by atoms with Crippen LogP contribution in [0.25, 0.3) is 0 Å². The Labute approximate surface area is 183 Å². The van der Waals surface area contributed by atoms with Crippen molar-refractivity contribution in [3.63, 3.8) is 0 Å². The van der Waals surface area contributed by atoms with Crippen molar-refractivity contribution in [2.45, 2.75) is 44.2 Å². The zero-order chi connectivity index (χ0) is 21.4. The number of ether oxygens (including phenoxy) is 1. The number of carbonyl (C=O) groups is 2. The van der Waals surface area contributed by atoms with Crippen LogP contribution < -0.4 is 4.74 Å². The van der Waals surface area contributed by atoms with Crippen molar-refractivity contribution in [3.05, 3.63) is 48.5 Å². The van der Waals surface area contributed by atoms with Crippen molar-refractivity contribution in [2.75, 3.05) is 26.7 Å². The van der Waals surface area contributed by atoms with Crippen molar-refractivity contribution < 1.29 is 14.3 Å². The number of methoxy groups -OCH3 is 1. The molecule has 0 radical (unpaired) electrons. The van der Waals surface area contributed by atoms with Crippen LogP contribution in [0, 0.1) is 11.8 Å². The summed E-state index contributed by atoms with van der Waals surface area (Å²) >= 11 is 0. The van der Waals surface area contributed by atoms with Gasteiger partial charge >= 0.3 is 0 Å². The van der Waals surface area contributed by atoms with Crippen molar-refractivity contribution in [2.24, 2.45) is 11.8 Å². The van der Waals surface area contributed by atoms with Gasteiger partial charge in [0, 0.05) is 55.8 Å². The third kappa shape index (κ3) is 3.82. The van der Waals surface area contributed by atoms with E-state index in [0.29, 0.717) is 25.5 Å². The van der Waals surface area contributed by atoms with Crippen molar-refractivity contribution in [1.29, 1.82) is 0 Å². The predicted molar refractivity (Wildman–Crippen MR) is 115 cm³/mol. The molecule has 0 spiro atoms. The Morgan fingerprint density at radius 3 is 2.58 bits per heavy atom. The fraction of sp³-hybridized carbons (Fsp3) is 0.542. The Morgan fingerprint density at radius 2 is 1.94 bits per heavy atom. The van der Waals surface area contributed by atoms with Gasteiger partial charge in [0.2, 0.25) is 11.8 Å². The highest BCUT2D eigenvalue weighted by Gasteiger charge is 2.49. The molecular formula is C24H30N4O3. The molecule has 7 nitrogen and oxygen atoms in total. The molecule has 1 aliphatic carbocycles. The molecule has 2 amide bonds. The smallest absolute Gasteiger partial charge is 0.242 e. The molecule has 7 heteroatoms. The van der Waals surface area contributed by atoms with Crippen LogP contribution in [-0.4, -0.2) is 64.0 Å². The second-order valence-electron chi connectivity index (χ2n) is 9.09. The highest BCUT2D eigenvalue weighted by atomic mass is 16.5. The fourth-order valence-corrected chi connectivity index (χ4v) is 5.44. The van der Waals surface area contributed by atoms with Crippen LogP contribution in [0.5, 0.6) is 5.75 Å². The number of likely N-dealkylation sites (tertiary alicyclic amines) is 2. The maximum absolute atomic E-state index is 13.2. The first kappa shape index (κ1) is 20.1. The van der Waals surface area contributed by atoms with E-state index in [0.717, 1.165) is 38.0 Å². The van der Waals surface area contributed by atoms with E-state index in [1.807, 2.05) is 27.8 Å². The molecule has 164 valence electrons. The van der Waals surface area contributed by atoms with Gasteiger partial charge in [-0.1, -0.05) is 18.6 Å². The van der Waals surface area contributed by atoms with E-state index in [9.17, 15) is 9.59 Å². The van der Waals surface area contributed by atoms with Crippen LogP contribution in [0.2, 0.25) is 0 Å². The van der Waals surface area contributed by atoms with E-state index >= 15 is 0 Å². The summed E-state index contributed by atoms with van der Waals surface area (Å²) in [4.78, 5) is 34.3. The molecule has 3 fully saturated rings. The minimum atomic E-state index is 0.119. The lowest BCUT2D eigenvalue weighted by atomic mass is 9.81. The Hall–Kier alpha value is -2.83. The summed E-state index contributed by atoms with van der Waals surface area (Å²) in [7, 11) is 1.67. The van der Waals surface area contributed by atoms with Crippen LogP contribution in [0.15, 0.2) is 43.0 Å². The molecule has 3 heterocycles. The quantitative estimate of drug-likeness (QED) is 0.743. The van der Waals surface area contributed by atoms with Gasteiger partial charge in [-0.15, -0.1) is 0 Å². The van der Waals surface area contributed by atoms with E-state index in [1.54, 1.807) is 19.6 Å². The number of hydrogen-bond acceptors (Lipinski definition) is 4.